The molecule has 4 heteroatoms. The van der Waals surface area contributed by atoms with Crippen molar-refractivity contribution in [2.45, 2.75) is 13.8 Å². The molecule has 0 amide bonds. The number of aromatic amines is 1. The molecule has 0 aliphatic heterocycles. The number of hydrogen-bond acceptors (Lipinski definition) is 3. The second kappa shape index (κ2) is 3.38. The number of hydrogen-bond donors (Lipinski definition) is 1. The fourth-order valence-corrected chi connectivity index (χ4v) is 2.11. The van der Waals surface area contributed by atoms with E-state index in [1.54, 1.807) is 11.3 Å². The predicted molar refractivity (Wildman–Crippen MR) is 57.6 cm³/mol. The maximum Gasteiger partial charge on any atom is 0.345 e. The van der Waals surface area contributed by atoms with Crippen LogP contribution in [0, 0.1) is 13.8 Å². The Labute approximate surface area is 85.5 Å². The number of thiophene rings is 1. The van der Waals surface area contributed by atoms with Gasteiger partial charge in [-0.1, -0.05) is 0 Å². The first kappa shape index (κ1) is 9.15. The van der Waals surface area contributed by atoms with Gasteiger partial charge >= 0.3 is 5.69 Å². The first-order valence-electron chi connectivity index (χ1n) is 4.30. The SMILES string of the molecule is Cc1cc(-c2ccc(C)s2)nc(=O)[nH]1. The Balaban J connectivity index is 2.56. The molecular weight excluding hydrogens is 196 g/mol. The molecule has 1 N–H and O–H groups in total. The van der Waals surface area contributed by atoms with Crippen LogP contribution in [0.15, 0.2) is 23.0 Å². The van der Waals surface area contributed by atoms with Gasteiger partial charge in [0.05, 0.1) is 10.6 Å². The van der Waals surface area contributed by atoms with Crippen molar-refractivity contribution in [1.29, 1.82) is 0 Å². The van der Waals surface area contributed by atoms with Crippen molar-refractivity contribution in [2.24, 2.45) is 0 Å². The number of nitrogens with one attached hydrogen (secondary N) is 1. The van der Waals surface area contributed by atoms with E-state index in [1.165, 1.54) is 4.88 Å². The van der Waals surface area contributed by atoms with Gasteiger partial charge in [0, 0.05) is 10.6 Å². The highest BCUT2D eigenvalue weighted by atomic mass is 32.1. The van der Waals surface area contributed by atoms with E-state index in [0.29, 0.717) is 0 Å². The highest BCUT2D eigenvalue weighted by Crippen LogP contribution is 2.25. The van der Waals surface area contributed by atoms with Crippen molar-refractivity contribution < 1.29 is 0 Å². The van der Waals surface area contributed by atoms with Crippen LogP contribution in [0.3, 0.4) is 0 Å². The second-order valence-electron chi connectivity index (χ2n) is 3.16. The van der Waals surface area contributed by atoms with E-state index in [-0.39, 0.29) is 5.69 Å². The summed E-state index contributed by atoms with van der Waals surface area (Å²) in [6.45, 7) is 3.89. The minimum absolute atomic E-state index is 0.286. The van der Waals surface area contributed by atoms with Gasteiger partial charge in [0.2, 0.25) is 0 Å². The van der Waals surface area contributed by atoms with Crippen LogP contribution >= 0.6 is 11.3 Å². The zero-order chi connectivity index (χ0) is 10.1. The Bertz CT molecular complexity index is 513. The molecule has 0 aliphatic carbocycles. The van der Waals surface area contributed by atoms with Gasteiger partial charge in [-0.3, -0.25) is 0 Å². The number of aromatic nitrogens is 2. The van der Waals surface area contributed by atoms with Gasteiger partial charge in [-0.2, -0.15) is 4.98 Å². The van der Waals surface area contributed by atoms with E-state index >= 15 is 0 Å². The average molecular weight is 206 g/mol. The quantitative estimate of drug-likeness (QED) is 0.776. The molecule has 0 saturated heterocycles. The third-order valence-electron chi connectivity index (χ3n) is 1.87. The minimum Gasteiger partial charge on any atom is -0.310 e. The zero-order valence-electron chi connectivity index (χ0n) is 8.00. The van der Waals surface area contributed by atoms with E-state index in [0.717, 1.165) is 16.3 Å². The van der Waals surface area contributed by atoms with Crippen molar-refractivity contribution in [1.82, 2.24) is 9.97 Å². The van der Waals surface area contributed by atoms with Crippen LogP contribution in [0.4, 0.5) is 0 Å². The lowest BCUT2D eigenvalue weighted by molar-refractivity contribution is 1.03. The number of aryl methyl sites for hydroxylation is 2. The van der Waals surface area contributed by atoms with Gasteiger partial charge in [0.25, 0.3) is 0 Å². The molecule has 2 aromatic rings. The Kier molecular flexibility index (Phi) is 2.21. The number of nitrogens with zero attached hydrogens (tertiary/aromatic N) is 1. The minimum atomic E-state index is -0.286. The third kappa shape index (κ3) is 1.75. The summed E-state index contributed by atoms with van der Waals surface area (Å²) in [5.41, 5.74) is 1.31. The van der Waals surface area contributed by atoms with Crippen LogP contribution in [-0.2, 0) is 0 Å². The molecule has 0 aliphatic rings. The summed E-state index contributed by atoms with van der Waals surface area (Å²) in [5.74, 6) is 0. The summed E-state index contributed by atoms with van der Waals surface area (Å²) in [6.07, 6.45) is 0. The molecule has 0 unspecified atom stereocenters. The van der Waals surface area contributed by atoms with Crippen LogP contribution in [0.1, 0.15) is 10.6 Å². The maximum atomic E-state index is 11.1. The average Bonchev–Trinajstić information content (AvgIpc) is 2.50. The van der Waals surface area contributed by atoms with Crippen molar-refractivity contribution in [3.05, 3.63) is 39.3 Å². The molecule has 2 aromatic heterocycles. The molecule has 2 rings (SSSR count). The van der Waals surface area contributed by atoms with Crippen LogP contribution in [0.5, 0.6) is 0 Å². The molecule has 0 bridgehead atoms. The highest BCUT2D eigenvalue weighted by molar-refractivity contribution is 7.15. The van der Waals surface area contributed by atoms with E-state index in [4.69, 9.17) is 0 Å². The first-order chi connectivity index (χ1) is 6.65. The van der Waals surface area contributed by atoms with E-state index in [9.17, 15) is 4.79 Å². The largest absolute Gasteiger partial charge is 0.345 e. The van der Waals surface area contributed by atoms with Gasteiger partial charge in [0.1, 0.15) is 0 Å². The second-order valence-corrected chi connectivity index (χ2v) is 4.45. The first-order valence-corrected chi connectivity index (χ1v) is 5.11. The third-order valence-corrected chi connectivity index (χ3v) is 2.90. The number of H-pyrrole nitrogens is 1. The topological polar surface area (TPSA) is 45.8 Å². The summed E-state index contributed by atoms with van der Waals surface area (Å²) < 4.78 is 0. The van der Waals surface area contributed by atoms with E-state index in [1.807, 2.05) is 32.0 Å². The molecule has 0 radical (unpaired) electrons. The molecule has 0 fully saturated rings. The molecule has 2 heterocycles. The molecule has 0 atom stereocenters. The van der Waals surface area contributed by atoms with Gasteiger partial charge in [-0.25, -0.2) is 4.79 Å². The van der Waals surface area contributed by atoms with Gasteiger partial charge in [0.15, 0.2) is 0 Å². The normalized spacial score (nSPS) is 10.4. The molecule has 3 nitrogen and oxygen atoms in total. The smallest absolute Gasteiger partial charge is 0.310 e. The highest BCUT2D eigenvalue weighted by Gasteiger charge is 2.03. The van der Waals surface area contributed by atoms with Gasteiger partial charge in [-0.15, -0.1) is 11.3 Å². The Hall–Kier alpha value is -1.42. The van der Waals surface area contributed by atoms with E-state index < -0.39 is 0 Å². The summed E-state index contributed by atoms with van der Waals surface area (Å²) in [5, 5.41) is 0. The van der Waals surface area contributed by atoms with Crippen molar-refractivity contribution >= 4 is 11.3 Å². The fourth-order valence-electron chi connectivity index (χ4n) is 1.28. The van der Waals surface area contributed by atoms with Crippen molar-refractivity contribution in [2.75, 3.05) is 0 Å². The molecule has 14 heavy (non-hydrogen) atoms. The molecule has 0 spiro atoms. The lowest BCUT2D eigenvalue weighted by Crippen LogP contribution is -2.11. The lowest BCUT2D eigenvalue weighted by atomic mass is 10.3. The maximum absolute atomic E-state index is 11.1. The Morgan fingerprint density at radius 3 is 2.71 bits per heavy atom. The van der Waals surface area contributed by atoms with Crippen molar-refractivity contribution in [3.63, 3.8) is 0 Å². The monoisotopic (exact) mass is 206 g/mol. The standard InChI is InChI=1S/C10H10N2OS/c1-6-5-8(12-10(13)11-6)9-4-3-7(2)14-9/h3-5H,1-2H3,(H,11,12,13). The van der Waals surface area contributed by atoms with Crippen LogP contribution in [0.25, 0.3) is 10.6 Å². The Morgan fingerprint density at radius 2 is 2.14 bits per heavy atom. The molecule has 0 aromatic carbocycles. The van der Waals surface area contributed by atoms with Gasteiger partial charge in [-0.05, 0) is 32.0 Å². The van der Waals surface area contributed by atoms with Crippen molar-refractivity contribution in [3.8, 4) is 10.6 Å². The Morgan fingerprint density at radius 1 is 1.36 bits per heavy atom. The van der Waals surface area contributed by atoms with Crippen LogP contribution in [0.2, 0.25) is 0 Å². The van der Waals surface area contributed by atoms with E-state index in [2.05, 4.69) is 9.97 Å². The molecule has 0 saturated carbocycles. The zero-order valence-corrected chi connectivity index (χ0v) is 8.81. The lowest BCUT2D eigenvalue weighted by Gasteiger charge is -1.96. The summed E-state index contributed by atoms with van der Waals surface area (Å²) in [6, 6.07) is 5.89. The summed E-state index contributed by atoms with van der Waals surface area (Å²) >= 11 is 1.64. The van der Waals surface area contributed by atoms with Gasteiger partial charge < -0.3 is 4.98 Å². The summed E-state index contributed by atoms with van der Waals surface area (Å²) in [4.78, 5) is 19.9. The van der Waals surface area contributed by atoms with Crippen LogP contribution in [-0.4, -0.2) is 9.97 Å². The number of rotatable bonds is 1. The summed E-state index contributed by atoms with van der Waals surface area (Å²) in [7, 11) is 0. The molecular formula is C10H10N2OS. The van der Waals surface area contributed by atoms with Crippen LogP contribution < -0.4 is 5.69 Å². The predicted octanol–water partition coefficient (Wildman–Crippen LogP) is 2.12. The fraction of sp³-hybridized carbons (Fsp3) is 0.200. The molecule has 72 valence electrons.